The minimum Gasteiger partial charge on any atom is -0.481 e. The molecule has 3 aliphatic heterocycles. The summed E-state index contributed by atoms with van der Waals surface area (Å²) in [6.45, 7) is 5.31. The molecule has 3 unspecified atom stereocenters. The molecule has 1 N–H and O–H groups in total. The molecule has 1 aromatic rings. The maximum Gasteiger partial charge on any atom is 0.307 e. The SMILES string of the molecule is CC1Cc2cc(CCN3CCCC(C(=O)O)C3)ccc2N1C(=O)C1CCCO1. The van der Waals surface area contributed by atoms with E-state index in [-0.39, 0.29) is 24.0 Å². The Hall–Kier alpha value is -1.92. The molecule has 0 aromatic heterocycles. The number of carbonyl (C=O) groups excluding carboxylic acids is 1. The lowest BCUT2D eigenvalue weighted by molar-refractivity contribution is -0.143. The van der Waals surface area contributed by atoms with E-state index in [0.717, 1.165) is 57.3 Å². The number of amides is 1. The number of rotatable bonds is 5. The van der Waals surface area contributed by atoms with Crippen molar-refractivity contribution >= 4 is 17.6 Å². The number of carboxylic acid groups (broad SMARTS) is 1. The molecular formula is C22H30N2O4. The van der Waals surface area contributed by atoms with Gasteiger partial charge in [-0.3, -0.25) is 9.59 Å². The largest absolute Gasteiger partial charge is 0.481 e. The first kappa shape index (κ1) is 19.4. The predicted octanol–water partition coefficient (Wildman–Crippen LogP) is 2.48. The number of nitrogens with zero attached hydrogens (tertiary/aromatic N) is 2. The summed E-state index contributed by atoms with van der Waals surface area (Å²) in [5, 5.41) is 9.25. The van der Waals surface area contributed by atoms with Crippen LogP contribution in [0.2, 0.25) is 0 Å². The van der Waals surface area contributed by atoms with Gasteiger partial charge in [0.05, 0.1) is 5.92 Å². The van der Waals surface area contributed by atoms with E-state index < -0.39 is 5.97 Å². The average Bonchev–Trinajstić information content (AvgIpc) is 3.33. The number of hydrogen-bond donors (Lipinski definition) is 1. The van der Waals surface area contributed by atoms with E-state index in [1.165, 1.54) is 11.1 Å². The first-order valence-electron chi connectivity index (χ1n) is 10.5. The third-order valence-corrected chi connectivity index (χ3v) is 6.37. The van der Waals surface area contributed by atoms with Crippen LogP contribution in [0.3, 0.4) is 0 Å². The van der Waals surface area contributed by atoms with Crippen LogP contribution in [-0.2, 0) is 27.2 Å². The zero-order chi connectivity index (χ0) is 19.7. The van der Waals surface area contributed by atoms with Crippen molar-refractivity contribution in [3.63, 3.8) is 0 Å². The fourth-order valence-corrected chi connectivity index (χ4v) is 4.85. The van der Waals surface area contributed by atoms with Crippen LogP contribution in [0, 0.1) is 5.92 Å². The molecule has 1 amide bonds. The number of ether oxygens (including phenoxy) is 1. The maximum absolute atomic E-state index is 12.9. The molecule has 0 aliphatic carbocycles. The first-order chi connectivity index (χ1) is 13.5. The Morgan fingerprint density at radius 3 is 2.86 bits per heavy atom. The van der Waals surface area contributed by atoms with Gasteiger partial charge in [0, 0.05) is 31.4 Å². The molecule has 28 heavy (non-hydrogen) atoms. The number of likely N-dealkylation sites (tertiary alicyclic amines) is 1. The summed E-state index contributed by atoms with van der Waals surface area (Å²) < 4.78 is 5.61. The van der Waals surface area contributed by atoms with Gasteiger partial charge in [0.15, 0.2) is 0 Å². The fourth-order valence-electron chi connectivity index (χ4n) is 4.85. The molecule has 0 bridgehead atoms. The minimum absolute atomic E-state index is 0.101. The van der Waals surface area contributed by atoms with Crippen LogP contribution in [0.25, 0.3) is 0 Å². The van der Waals surface area contributed by atoms with Gasteiger partial charge in [-0.1, -0.05) is 12.1 Å². The number of carboxylic acids is 1. The van der Waals surface area contributed by atoms with Gasteiger partial charge in [-0.15, -0.1) is 0 Å². The number of hydrogen-bond acceptors (Lipinski definition) is 4. The smallest absolute Gasteiger partial charge is 0.307 e. The van der Waals surface area contributed by atoms with Gasteiger partial charge in [0.1, 0.15) is 6.10 Å². The van der Waals surface area contributed by atoms with Gasteiger partial charge in [0.2, 0.25) is 0 Å². The molecule has 2 fully saturated rings. The number of fused-ring (bicyclic) bond motifs is 1. The summed E-state index contributed by atoms with van der Waals surface area (Å²) in [5.74, 6) is -0.802. The van der Waals surface area contributed by atoms with Crippen LogP contribution in [0.4, 0.5) is 5.69 Å². The van der Waals surface area contributed by atoms with Crippen molar-refractivity contribution in [2.24, 2.45) is 5.92 Å². The number of piperidine rings is 1. The van der Waals surface area contributed by atoms with E-state index in [1.807, 2.05) is 4.90 Å². The Kier molecular flexibility index (Phi) is 5.69. The lowest BCUT2D eigenvalue weighted by Gasteiger charge is -2.30. The number of carbonyl (C=O) groups is 2. The topological polar surface area (TPSA) is 70.1 Å². The normalized spacial score (nSPS) is 27.8. The van der Waals surface area contributed by atoms with E-state index in [9.17, 15) is 14.7 Å². The van der Waals surface area contributed by atoms with Crippen LogP contribution in [0.5, 0.6) is 0 Å². The van der Waals surface area contributed by atoms with E-state index >= 15 is 0 Å². The van der Waals surface area contributed by atoms with E-state index in [0.29, 0.717) is 13.2 Å². The predicted molar refractivity (Wildman–Crippen MR) is 107 cm³/mol. The third-order valence-electron chi connectivity index (χ3n) is 6.37. The summed E-state index contributed by atoms with van der Waals surface area (Å²) in [4.78, 5) is 28.3. The van der Waals surface area contributed by atoms with Gasteiger partial charge in [-0.2, -0.15) is 0 Å². The minimum atomic E-state index is -0.674. The van der Waals surface area contributed by atoms with Crippen molar-refractivity contribution < 1.29 is 19.4 Å². The Morgan fingerprint density at radius 1 is 1.25 bits per heavy atom. The summed E-state index contributed by atoms with van der Waals surface area (Å²) in [6.07, 6.45) is 5.04. The monoisotopic (exact) mass is 386 g/mol. The maximum atomic E-state index is 12.9. The Labute approximate surface area is 166 Å². The Morgan fingerprint density at radius 2 is 2.11 bits per heavy atom. The zero-order valence-corrected chi connectivity index (χ0v) is 16.6. The van der Waals surface area contributed by atoms with E-state index in [4.69, 9.17) is 4.74 Å². The average molecular weight is 386 g/mol. The lowest BCUT2D eigenvalue weighted by Crippen LogP contribution is -2.42. The van der Waals surface area contributed by atoms with Crippen molar-refractivity contribution in [1.29, 1.82) is 0 Å². The second-order valence-corrected chi connectivity index (χ2v) is 8.45. The van der Waals surface area contributed by atoms with Crippen LogP contribution in [0.15, 0.2) is 18.2 Å². The van der Waals surface area contributed by atoms with Crippen molar-refractivity contribution in [3.8, 4) is 0 Å². The molecule has 6 heteroatoms. The van der Waals surface area contributed by atoms with Crippen molar-refractivity contribution in [3.05, 3.63) is 29.3 Å². The van der Waals surface area contributed by atoms with Gasteiger partial charge >= 0.3 is 5.97 Å². The highest BCUT2D eigenvalue weighted by atomic mass is 16.5. The molecular weight excluding hydrogens is 356 g/mol. The van der Waals surface area contributed by atoms with Crippen LogP contribution in [-0.4, -0.2) is 60.3 Å². The quantitative estimate of drug-likeness (QED) is 0.842. The molecule has 0 saturated carbocycles. The van der Waals surface area contributed by atoms with Crippen molar-refractivity contribution in [1.82, 2.24) is 4.90 Å². The highest BCUT2D eigenvalue weighted by Gasteiger charge is 2.36. The molecule has 4 rings (SSSR count). The molecule has 0 spiro atoms. The van der Waals surface area contributed by atoms with Gasteiger partial charge in [-0.25, -0.2) is 0 Å². The van der Waals surface area contributed by atoms with Gasteiger partial charge < -0.3 is 19.6 Å². The molecule has 152 valence electrons. The Bertz CT molecular complexity index is 744. The highest BCUT2D eigenvalue weighted by molar-refractivity contribution is 5.99. The van der Waals surface area contributed by atoms with Crippen LogP contribution in [0.1, 0.15) is 43.7 Å². The number of benzene rings is 1. The molecule has 2 saturated heterocycles. The fraction of sp³-hybridized carbons (Fsp3) is 0.636. The lowest BCUT2D eigenvalue weighted by atomic mass is 9.97. The summed E-state index contributed by atoms with van der Waals surface area (Å²) in [6, 6.07) is 6.59. The van der Waals surface area contributed by atoms with Crippen molar-refractivity contribution in [2.45, 2.75) is 57.6 Å². The molecule has 3 aliphatic rings. The summed E-state index contributed by atoms with van der Waals surface area (Å²) in [5.41, 5.74) is 3.52. The summed E-state index contributed by atoms with van der Waals surface area (Å²) in [7, 11) is 0. The first-order valence-corrected chi connectivity index (χ1v) is 10.5. The van der Waals surface area contributed by atoms with Gasteiger partial charge in [-0.05, 0) is 69.2 Å². The second kappa shape index (κ2) is 8.21. The molecule has 0 radical (unpaired) electrons. The molecule has 3 heterocycles. The zero-order valence-electron chi connectivity index (χ0n) is 16.6. The highest BCUT2D eigenvalue weighted by Crippen LogP contribution is 2.34. The number of anilines is 1. The van der Waals surface area contributed by atoms with Crippen molar-refractivity contribution in [2.75, 3.05) is 31.1 Å². The third kappa shape index (κ3) is 3.94. The molecule has 1 aromatic carbocycles. The Balaban J connectivity index is 1.40. The van der Waals surface area contributed by atoms with E-state index in [2.05, 4.69) is 30.0 Å². The summed E-state index contributed by atoms with van der Waals surface area (Å²) >= 11 is 0. The van der Waals surface area contributed by atoms with Crippen LogP contribution >= 0.6 is 0 Å². The molecule has 6 nitrogen and oxygen atoms in total. The molecule has 3 atom stereocenters. The van der Waals surface area contributed by atoms with Gasteiger partial charge in [0.25, 0.3) is 5.91 Å². The standard InChI is InChI=1S/C22H30N2O4/c1-15-12-18-13-16(8-10-23-9-2-4-17(14-23)22(26)27)6-7-19(18)24(15)21(25)20-5-3-11-28-20/h6-7,13,15,17,20H,2-5,8-12,14H2,1H3,(H,26,27). The second-order valence-electron chi connectivity index (χ2n) is 8.45. The van der Waals surface area contributed by atoms with Crippen LogP contribution < -0.4 is 4.90 Å². The van der Waals surface area contributed by atoms with E-state index in [1.54, 1.807) is 0 Å². The number of aliphatic carboxylic acids is 1.